The molecule has 3 heteroatoms. The van der Waals surface area contributed by atoms with Gasteiger partial charge in [-0.2, -0.15) is 0 Å². The molecule has 0 aliphatic carbocycles. The Bertz CT molecular complexity index is 828. The number of aliphatic hydroxyl groups is 2. The lowest BCUT2D eigenvalue weighted by molar-refractivity contribution is 0.229. The number of rotatable bonds is 7. The van der Waals surface area contributed by atoms with Crippen LogP contribution in [0.1, 0.15) is 23.3 Å². The van der Waals surface area contributed by atoms with E-state index in [1.807, 2.05) is 78.9 Å². The molecule has 27 heavy (non-hydrogen) atoms. The summed E-state index contributed by atoms with van der Waals surface area (Å²) >= 11 is 0. The minimum absolute atomic E-state index is 0.677. The Hall–Kier alpha value is -3.14. The Labute approximate surface area is 160 Å². The van der Waals surface area contributed by atoms with Gasteiger partial charge in [-0.05, 0) is 47.5 Å². The maximum absolute atomic E-state index is 9.94. The maximum atomic E-state index is 9.94. The fraction of sp³-hybridized carbons (Fsp3) is 0.0833. The molecule has 2 N–H and O–H groups in total. The van der Waals surface area contributed by atoms with E-state index in [9.17, 15) is 10.2 Å². The van der Waals surface area contributed by atoms with Gasteiger partial charge in [0.2, 0.25) is 0 Å². The normalized spacial score (nSPS) is 12.8. The van der Waals surface area contributed by atoms with Crippen LogP contribution in [0.2, 0.25) is 0 Å². The van der Waals surface area contributed by atoms with Crippen molar-refractivity contribution in [2.75, 3.05) is 4.90 Å². The molecule has 0 bridgehead atoms. The predicted molar refractivity (Wildman–Crippen MR) is 111 cm³/mol. The molecule has 0 amide bonds. The molecule has 0 fully saturated rings. The third-order valence-electron chi connectivity index (χ3n) is 4.45. The molecule has 0 radical (unpaired) electrons. The van der Waals surface area contributed by atoms with Crippen LogP contribution in [-0.4, -0.2) is 10.2 Å². The minimum Gasteiger partial charge on any atom is -0.384 e. The molecule has 136 valence electrons. The largest absolute Gasteiger partial charge is 0.384 e. The first-order valence-electron chi connectivity index (χ1n) is 8.80. The van der Waals surface area contributed by atoms with Crippen molar-refractivity contribution in [2.24, 2.45) is 0 Å². The lowest BCUT2D eigenvalue weighted by atomic mass is 10.1. The average molecular weight is 357 g/mol. The second-order valence-corrected chi connectivity index (χ2v) is 6.22. The molecule has 3 aromatic carbocycles. The summed E-state index contributed by atoms with van der Waals surface area (Å²) in [6.07, 6.45) is 1.66. The van der Waals surface area contributed by atoms with Crippen molar-refractivity contribution >= 4 is 17.1 Å². The van der Waals surface area contributed by atoms with Crippen molar-refractivity contribution in [1.29, 1.82) is 0 Å². The summed E-state index contributed by atoms with van der Waals surface area (Å²) in [7, 11) is 0. The highest BCUT2D eigenvalue weighted by Gasteiger charge is 2.13. The van der Waals surface area contributed by atoms with Gasteiger partial charge in [0.25, 0.3) is 0 Å². The van der Waals surface area contributed by atoms with Crippen LogP contribution in [0.5, 0.6) is 0 Å². The Balaban J connectivity index is 2.02. The summed E-state index contributed by atoms with van der Waals surface area (Å²) in [6.45, 7) is 7.26. The van der Waals surface area contributed by atoms with Crippen molar-refractivity contribution in [1.82, 2.24) is 0 Å². The van der Waals surface area contributed by atoms with Gasteiger partial charge < -0.3 is 15.1 Å². The van der Waals surface area contributed by atoms with E-state index in [4.69, 9.17) is 0 Å². The van der Waals surface area contributed by atoms with Crippen LogP contribution in [0.4, 0.5) is 17.1 Å². The first kappa shape index (κ1) is 18.6. The molecule has 0 heterocycles. The lowest BCUT2D eigenvalue weighted by Crippen LogP contribution is -2.10. The number of hydrogen-bond donors (Lipinski definition) is 2. The average Bonchev–Trinajstić information content (AvgIpc) is 2.74. The molecular formula is C24H23NO2. The fourth-order valence-electron chi connectivity index (χ4n) is 2.94. The quantitative estimate of drug-likeness (QED) is 0.541. The number of benzene rings is 3. The first-order chi connectivity index (χ1) is 13.1. The Morgan fingerprint density at radius 1 is 0.593 bits per heavy atom. The van der Waals surface area contributed by atoms with E-state index >= 15 is 0 Å². The van der Waals surface area contributed by atoms with E-state index in [2.05, 4.69) is 18.1 Å². The molecular weight excluding hydrogens is 334 g/mol. The van der Waals surface area contributed by atoms with Crippen molar-refractivity contribution < 1.29 is 10.2 Å². The number of nitrogens with zero attached hydrogens (tertiary/aromatic N) is 1. The summed E-state index contributed by atoms with van der Waals surface area (Å²) in [5, 5.41) is 19.9. The summed E-state index contributed by atoms with van der Waals surface area (Å²) < 4.78 is 0. The van der Waals surface area contributed by atoms with Crippen molar-refractivity contribution in [3.63, 3.8) is 0 Å². The van der Waals surface area contributed by atoms with Crippen molar-refractivity contribution in [3.8, 4) is 0 Å². The number of hydrogen-bond acceptors (Lipinski definition) is 3. The molecule has 0 saturated carbocycles. The predicted octanol–water partition coefficient (Wildman–Crippen LogP) is 5.60. The molecule has 3 rings (SSSR count). The van der Waals surface area contributed by atoms with Crippen LogP contribution in [0.15, 0.2) is 104 Å². The third kappa shape index (κ3) is 4.17. The number of aliphatic hydroxyl groups excluding tert-OH is 2. The maximum Gasteiger partial charge on any atom is 0.0969 e. The Morgan fingerprint density at radius 3 is 1.33 bits per heavy atom. The fourth-order valence-corrected chi connectivity index (χ4v) is 2.94. The van der Waals surface area contributed by atoms with E-state index in [0.717, 1.165) is 28.2 Å². The smallest absolute Gasteiger partial charge is 0.0969 e. The molecule has 0 aliphatic heterocycles. The molecule has 0 aromatic heterocycles. The zero-order valence-corrected chi connectivity index (χ0v) is 15.1. The van der Waals surface area contributed by atoms with Gasteiger partial charge in [0.1, 0.15) is 0 Å². The Morgan fingerprint density at radius 2 is 0.963 bits per heavy atom. The first-order valence-corrected chi connectivity index (χ1v) is 8.80. The number of para-hydroxylation sites is 1. The Kier molecular flexibility index (Phi) is 5.87. The van der Waals surface area contributed by atoms with Gasteiger partial charge in [0.15, 0.2) is 0 Å². The topological polar surface area (TPSA) is 43.7 Å². The second kappa shape index (κ2) is 8.49. The van der Waals surface area contributed by atoms with E-state index < -0.39 is 12.2 Å². The number of anilines is 3. The van der Waals surface area contributed by atoms with E-state index in [0.29, 0.717) is 0 Å². The highest BCUT2D eigenvalue weighted by molar-refractivity contribution is 5.76. The van der Waals surface area contributed by atoms with Gasteiger partial charge in [-0.25, -0.2) is 0 Å². The summed E-state index contributed by atoms with van der Waals surface area (Å²) in [6, 6.07) is 25.5. The van der Waals surface area contributed by atoms with E-state index in [-0.39, 0.29) is 0 Å². The van der Waals surface area contributed by atoms with Gasteiger partial charge in [0, 0.05) is 17.1 Å². The third-order valence-corrected chi connectivity index (χ3v) is 4.45. The standard InChI is InChI=1S/C24H23NO2/c1-3-23(26)18-10-14-21(15-11-18)25(20-8-6-5-7-9-20)22-16-12-19(13-17-22)24(27)4-2/h3-17,23-24,26-27H,1-2H2. The minimum atomic E-state index is -0.677. The second-order valence-electron chi connectivity index (χ2n) is 6.22. The summed E-state index contributed by atoms with van der Waals surface area (Å²) in [5.74, 6) is 0. The van der Waals surface area contributed by atoms with Crippen molar-refractivity contribution in [3.05, 3.63) is 115 Å². The van der Waals surface area contributed by atoms with Gasteiger partial charge in [-0.1, -0.05) is 54.6 Å². The summed E-state index contributed by atoms with van der Waals surface area (Å²) in [5.41, 5.74) is 4.56. The van der Waals surface area contributed by atoms with Gasteiger partial charge in [-0.3, -0.25) is 0 Å². The van der Waals surface area contributed by atoms with Crippen LogP contribution in [0.3, 0.4) is 0 Å². The van der Waals surface area contributed by atoms with Crippen LogP contribution in [0.25, 0.3) is 0 Å². The van der Waals surface area contributed by atoms with E-state index in [1.54, 1.807) is 0 Å². The van der Waals surface area contributed by atoms with Crippen LogP contribution in [0, 0.1) is 0 Å². The lowest BCUT2D eigenvalue weighted by Gasteiger charge is -2.26. The highest BCUT2D eigenvalue weighted by Crippen LogP contribution is 2.35. The van der Waals surface area contributed by atoms with E-state index in [1.165, 1.54) is 12.2 Å². The molecule has 2 atom stereocenters. The highest BCUT2D eigenvalue weighted by atomic mass is 16.3. The van der Waals surface area contributed by atoms with Gasteiger partial charge in [-0.15, -0.1) is 13.2 Å². The molecule has 0 saturated heterocycles. The monoisotopic (exact) mass is 357 g/mol. The van der Waals surface area contributed by atoms with Crippen LogP contribution in [-0.2, 0) is 0 Å². The molecule has 2 unspecified atom stereocenters. The molecule has 0 spiro atoms. The zero-order chi connectivity index (χ0) is 19.2. The van der Waals surface area contributed by atoms with Crippen LogP contribution >= 0.6 is 0 Å². The van der Waals surface area contributed by atoms with Gasteiger partial charge >= 0.3 is 0 Å². The molecule has 3 nitrogen and oxygen atoms in total. The van der Waals surface area contributed by atoms with Gasteiger partial charge in [0.05, 0.1) is 12.2 Å². The summed E-state index contributed by atoms with van der Waals surface area (Å²) in [4.78, 5) is 2.12. The molecule has 0 aliphatic rings. The van der Waals surface area contributed by atoms with Crippen molar-refractivity contribution in [2.45, 2.75) is 12.2 Å². The SMILES string of the molecule is C=CC(O)c1ccc(N(c2ccccc2)c2ccc(C(O)C=C)cc2)cc1. The van der Waals surface area contributed by atoms with Crippen LogP contribution < -0.4 is 4.90 Å². The zero-order valence-electron chi connectivity index (χ0n) is 15.1. The molecule has 3 aromatic rings.